The van der Waals surface area contributed by atoms with Crippen LogP contribution in [0.1, 0.15) is 13.8 Å². The fourth-order valence-electron chi connectivity index (χ4n) is 1.41. The molecule has 6 nitrogen and oxygen atoms in total. The quantitative estimate of drug-likeness (QED) is 0.545. The van der Waals surface area contributed by atoms with Crippen molar-refractivity contribution in [3.8, 4) is 0 Å². The molecule has 1 rings (SSSR count). The first-order chi connectivity index (χ1) is 6.37. The molecule has 0 radical (unpaired) electrons. The standard InChI is InChI=1S/C8H14O6/c1-8(2)13-4(3-9)6(14-8)5(10)7(11)12/h4-6,9-10H,3H2,1-2H3,(H,11,12). The topological polar surface area (TPSA) is 96.2 Å². The van der Waals surface area contributed by atoms with Gasteiger partial charge in [-0.05, 0) is 13.8 Å². The molecule has 0 bridgehead atoms. The second-order valence-electron chi connectivity index (χ2n) is 3.60. The normalized spacial score (nSPS) is 32.9. The fraction of sp³-hybridized carbons (Fsp3) is 0.875. The molecule has 6 heteroatoms. The second kappa shape index (κ2) is 3.82. The van der Waals surface area contributed by atoms with Crippen molar-refractivity contribution in [2.24, 2.45) is 0 Å². The number of hydrogen-bond donors (Lipinski definition) is 3. The number of carboxylic acids is 1. The summed E-state index contributed by atoms with van der Waals surface area (Å²) in [5, 5.41) is 26.7. The molecule has 0 saturated carbocycles. The molecule has 0 aromatic rings. The molecule has 1 aliphatic rings. The zero-order valence-corrected chi connectivity index (χ0v) is 8.01. The molecular weight excluding hydrogens is 192 g/mol. The van der Waals surface area contributed by atoms with Crippen LogP contribution in [-0.4, -0.2) is 52.0 Å². The van der Waals surface area contributed by atoms with Crippen LogP contribution in [0.15, 0.2) is 0 Å². The van der Waals surface area contributed by atoms with Gasteiger partial charge < -0.3 is 24.8 Å². The summed E-state index contributed by atoms with van der Waals surface area (Å²) in [5.74, 6) is -2.37. The fourth-order valence-corrected chi connectivity index (χ4v) is 1.41. The summed E-state index contributed by atoms with van der Waals surface area (Å²) in [7, 11) is 0. The van der Waals surface area contributed by atoms with Gasteiger partial charge in [-0.1, -0.05) is 0 Å². The van der Waals surface area contributed by atoms with Crippen LogP contribution in [-0.2, 0) is 14.3 Å². The van der Waals surface area contributed by atoms with E-state index in [0.29, 0.717) is 0 Å². The highest BCUT2D eigenvalue weighted by Gasteiger charge is 2.46. The Morgan fingerprint density at radius 3 is 2.50 bits per heavy atom. The summed E-state index contributed by atoms with van der Waals surface area (Å²) in [6.07, 6.45) is -3.53. The minimum atomic E-state index is -1.69. The highest BCUT2D eigenvalue weighted by atomic mass is 16.8. The molecule has 1 aliphatic heterocycles. The maximum atomic E-state index is 10.5. The zero-order valence-electron chi connectivity index (χ0n) is 8.01. The number of carboxylic acid groups (broad SMARTS) is 1. The molecule has 82 valence electrons. The first-order valence-corrected chi connectivity index (χ1v) is 4.25. The molecule has 0 aliphatic carbocycles. The molecule has 1 saturated heterocycles. The van der Waals surface area contributed by atoms with Gasteiger partial charge in [-0.2, -0.15) is 0 Å². The van der Waals surface area contributed by atoms with E-state index in [0.717, 1.165) is 0 Å². The van der Waals surface area contributed by atoms with Crippen molar-refractivity contribution < 1.29 is 29.6 Å². The molecule has 14 heavy (non-hydrogen) atoms. The minimum Gasteiger partial charge on any atom is -0.479 e. The van der Waals surface area contributed by atoms with Gasteiger partial charge in [0.25, 0.3) is 0 Å². The Hall–Kier alpha value is -0.690. The number of aliphatic hydroxyl groups is 2. The third-order valence-electron chi connectivity index (χ3n) is 1.97. The summed E-state index contributed by atoms with van der Waals surface area (Å²) in [6.45, 7) is 2.78. The third-order valence-corrected chi connectivity index (χ3v) is 1.97. The monoisotopic (exact) mass is 206 g/mol. The van der Waals surface area contributed by atoms with Crippen LogP contribution >= 0.6 is 0 Å². The molecule has 3 N–H and O–H groups in total. The number of aliphatic hydroxyl groups excluding tert-OH is 2. The molecular formula is C8H14O6. The Morgan fingerprint density at radius 2 is 2.07 bits per heavy atom. The summed E-state index contributed by atoms with van der Waals surface area (Å²) >= 11 is 0. The lowest BCUT2D eigenvalue weighted by molar-refractivity contribution is -0.168. The van der Waals surface area contributed by atoms with Gasteiger partial charge in [0.05, 0.1) is 6.61 Å². The van der Waals surface area contributed by atoms with E-state index in [9.17, 15) is 9.90 Å². The smallest absolute Gasteiger partial charge is 0.335 e. The van der Waals surface area contributed by atoms with Crippen LogP contribution in [0.2, 0.25) is 0 Å². The van der Waals surface area contributed by atoms with Crippen molar-refractivity contribution in [3.63, 3.8) is 0 Å². The van der Waals surface area contributed by atoms with E-state index in [1.807, 2.05) is 0 Å². The Labute approximate surface area is 81.1 Å². The minimum absolute atomic E-state index is 0.390. The molecule has 3 unspecified atom stereocenters. The summed E-state index contributed by atoms with van der Waals surface area (Å²) < 4.78 is 10.3. The first kappa shape index (κ1) is 11.4. The maximum absolute atomic E-state index is 10.5. The largest absolute Gasteiger partial charge is 0.479 e. The number of carbonyl (C=O) groups is 1. The highest BCUT2D eigenvalue weighted by molar-refractivity contribution is 5.72. The van der Waals surface area contributed by atoms with Gasteiger partial charge in [-0.3, -0.25) is 0 Å². The number of hydrogen-bond acceptors (Lipinski definition) is 5. The Bertz CT molecular complexity index is 226. The summed E-state index contributed by atoms with van der Waals surface area (Å²) in [6, 6.07) is 0. The SMILES string of the molecule is CC1(C)OC(CO)C(C(O)C(=O)O)O1. The zero-order chi connectivity index (χ0) is 10.9. The molecule has 0 aromatic carbocycles. The van der Waals surface area contributed by atoms with E-state index in [1.165, 1.54) is 0 Å². The van der Waals surface area contributed by atoms with E-state index in [2.05, 4.69) is 0 Å². The molecule has 0 spiro atoms. The second-order valence-corrected chi connectivity index (χ2v) is 3.60. The van der Waals surface area contributed by atoms with Gasteiger partial charge >= 0.3 is 5.97 Å². The van der Waals surface area contributed by atoms with E-state index in [-0.39, 0.29) is 0 Å². The average molecular weight is 206 g/mol. The van der Waals surface area contributed by atoms with Crippen molar-refractivity contribution in [1.82, 2.24) is 0 Å². The van der Waals surface area contributed by atoms with Crippen molar-refractivity contribution in [3.05, 3.63) is 0 Å². The van der Waals surface area contributed by atoms with Crippen LogP contribution in [0.3, 0.4) is 0 Å². The van der Waals surface area contributed by atoms with Gasteiger partial charge in [-0.15, -0.1) is 0 Å². The lowest BCUT2D eigenvalue weighted by Gasteiger charge is -2.18. The Balaban J connectivity index is 2.73. The summed E-state index contributed by atoms with van der Waals surface area (Å²) in [5.41, 5.74) is 0. The Kier molecular flexibility index (Phi) is 3.10. The van der Waals surface area contributed by atoms with E-state index in [4.69, 9.17) is 19.7 Å². The van der Waals surface area contributed by atoms with Gasteiger partial charge in [0.2, 0.25) is 0 Å². The van der Waals surface area contributed by atoms with Gasteiger partial charge in [0, 0.05) is 0 Å². The molecule has 1 fully saturated rings. The highest BCUT2D eigenvalue weighted by Crippen LogP contribution is 2.29. The number of aliphatic carboxylic acids is 1. The van der Waals surface area contributed by atoms with Crippen LogP contribution in [0.4, 0.5) is 0 Å². The lowest BCUT2D eigenvalue weighted by atomic mass is 10.1. The lowest BCUT2D eigenvalue weighted by Crippen LogP contribution is -2.42. The third kappa shape index (κ3) is 2.21. The Morgan fingerprint density at radius 1 is 1.50 bits per heavy atom. The predicted molar refractivity (Wildman–Crippen MR) is 44.6 cm³/mol. The van der Waals surface area contributed by atoms with Crippen molar-refractivity contribution >= 4 is 5.97 Å². The molecule has 0 aromatic heterocycles. The van der Waals surface area contributed by atoms with E-state index < -0.39 is 36.7 Å². The van der Waals surface area contributed by atoms with Crippen LogP contribution in [0.5, 0.6) is 0 Å². The van der Waals surface area contributed by atoms with Gasteiger partial charge in [0.15, 0.2) is 11.9 Å². The molecule has 0 amide bonds. The van der Waals surface area contributed by atoms with E-state index >= 15 is 0 Å². The van der Waals surface area contributed by atoms with Crippen molar-refractivity contribution in [2.45, 2.75) is 37.9 Å². The molecule has 1 heterocycles. The first-order valence-electron chi connectivity index (χ1n) is 4.25. The molecule has 3 atom stereocenters. The summed E-state index contributed by atoms with van der Waals surface area (Å²) in [4.78, 5) is 10.5. The van der Waals surface area contributed by atoms with Crippen LogP contribution in [0.25, 0.3) is 0 Å². The van der Waals surface area contributed by atoms with Crippen LogP contribution in [0, 0.1) is 0 Å². The van der Waals surface area contributed by atoms with Gasteiger partial charge in [-0.25, -0.2) is 4.79 Å². The maximum Gasteiger partial charge on any atom is 0.335 e. The number of ether oxygens (including phenoxy) is 2. The van der Waals surface area contributed by atoms with E-state index in [1.54, 1.807) is 13.8 Å². The van der Waals surface area contributed by atoms with Gasteiger partial charge in [0.1, 0.15) is 12.2 Å². The van der Waals surface area contributed by atoms with Crippen LogP contribution < -0.4 is 0 Å². The average Bonchev–Trinajstić information content (AvgIpc) is 2.39. The van der Waals surface area contributed by atoms with Crippen molar-refractivity contribution in [2.75, 3.05) is 6.61 Å². The number of rotatable bonds is 3. The van der Waals surface area contributed by atoms with Crippen molar-refractivity contribution in [1.29, 1.82) is 0 Å². The predicted octanol–water partition coefficient (Wildman–Crippen LogP) is -1.06.